The first-order chi connectivity index (χ1) is 4.86. The van der Waals surface area contributed by atoms with Crippen LogP contribution in [0.3, 0.4) is 0 Å². The number of hydrogen-bond acceptors (Lipinski definition) is 4. The van der Waals surface area contributed by atoms with Gasteiger partial charge in [-0.1, -0.05) is 0 Å². The van der Waals surface area contributed by atoms with Crippen molar-refractivity contribution in [2.24, 2.45) is 0 Å². The number of methoxy groups -OCH3 is 1. The fraction of sp³-hybridized carbons (Fsp3) is 0.333. The predicted molar refractivity (Wildman–Crippen MR) is 36.2 cm³/mol. The van der Waals surface area contributed by atoms with Gasteiger partial charge in [-0.2, -0.15) is 5.17 Å². The molecule has 0 radical (unpaired) electrons. The van der Waals surface area contributed by atoms with Crippen molar-refractivity contribution < 1.29 is 9.57 Å². The Morgan fingerprint density at radius 1 is 1.50 bits per heavy atom. The smallest absolute Gasteiger partial charge is 0.138 e. The van der Waals surface area contributed by atoms with Gasteiger partial charge in [0.15, 0.2) is 0 Å². The van der Waals surface area contributed by atoms with Crippen LogP contribution in [0.2, 0.25) is 0 Å². The molecule has 1 rings (SSSR count). The van der Waals surface area contributed by atoms with E-state index in [2.05, 4.69) is 5.43 Å². The number of nitrogens with zero attached hydrogens (tertiary/aromatic N) is 1. The van der Waals surface area contributed by atoms with Gasteiger partial charge >= 0.3 is 0 Å². The molecular weight excluding hydrogens is 132 g/mol. The number of hydrogen-bond donors (Lipinski definition) is 1. The predicted octanol–water partition coefficient (Wildman–Crippen LogP) is 0.369. The maximum Gasteiger partial charge on any atom is 0.138 e. The molecule has 1 aliphatic rings. The normalized spacial score (nSPS) is 16.2. The first kappa shape index (κ1) is 6.95. The molecule has 0 amide bonds. The quantitative estimate of drug-likeness (QED) is 0.604. The summed E-state index contributed by atoms with van der Waals surface area (Å²) in [7, 11) is 3.18. The van der Waals surface area contributed by atoms with E-state index in [4.69, 9.17) is 9.57 Å². The zero-order valence-corrected chi connectivity index (χ0v) is 6.00. The van der Waals surface area contributed by atoms with Crippen LogP contribution in [0, 0.1) is 0 Å². The van der Waals surface area contributed by atoms with Crippen molar-refractivity contribution in [3.63, 3.8) is 0 Å². The van der Waals surface area contributed by atoms with Crippen LogP contribution in [0.4, 0.5) is 0 Å². The molecule has 0 atom stereocenters. The third kappa shape index (κ3) is 1.41. The zero-order valence-electron chi connectivity index (χ0n) is 6.00. The van der Waals surface area contributed by atoms with Crippen molar-refractivity contribution in [2.75, 3.05) is 14.2 Å². The van der Waals surface area contributed by atoms with Gasteiger partial charge in [-0.3, -0.25) is 10.3 Å². The molecule has 0 bridgehead atoms. The molecular formula is C6H10N2O2. The molecule has 0 saturated heterocycles. The van der Waals surface area contributed by atoms with Crippen molar-refractivity contribution >= 4 is 0 Å². The van der Waals surface area contributed by atoms with Gasteiger partial charge in [-0.05, 0) is 0 Å². The topological polar surface area (TPSA) is 33.7 Å². The lowest BCUT2D eigenvalue weighted by Gasteiger charge is -2.19. The van der Waals surface area contributed by atoms with Crippen molar-refractivity contribution in [1.82, 2.24) is 10.6 Å². The molecule has 1 heterocycles. The van der Waals surface area contributed by atoms with E-state index in [-0.39, 0.29) is 0 Å². The molecule has 56 valence electrons. The van der Waals surface area contributed by atoms with Gasteiger partial charge in [0.25, 0.3) is 0 Å². The van der Waals surface area contributed by atoms with Crippen LogP contribution >= 0.6 is 0 Å². The summed E-state index contributed by atoms with van der Waals surface area (Å²) in [6.45, 7) is 0. The highest BCUT2D eigenvalue weighted by Gasteiger charge is 2.00. The van der Waals surface area contributed by atoms with E-state index in [1.165, 1.54) is 5.17 Å². The Morgan fingerprint density at radius 2 is 2.30 bits per heavy atom. The number of hydrazine groups is 1. The van der Waals surface area contributed by atoms with Crippen molar-refractivity contribution in [3.05, 3.63) is 24.2 Å². The Kier molecular flexibility index (Phi) is 2.17. The largest absolute Gasteiger partial charge is 0.495 e. The van der Waals surface area contributed by atoms with E-state index < -0.39 is 0 Å². The maximum atomic E-state index is 4.91. The van der Waals surface area contributed by atoms with E-state index in [1.54, 1.807) is 32.7 Å². The number of ether oxygens (including phenoxy) is 1. The molecule has 4 nitrogen and oxygen atoms in total. The van der Waals surface area contributed by atoms with Crippen LogP contribution in [0.5, 0.6) is 0 Å². The minimum absolute atomic E-state index is 0.772. The molecule has 0 spiro atoms. The van der Waals surface area contributed by atoms with Gasteiger partial charge in [-0.15, -0.1) is 0 Å². The lowest BCUT2D eigenvalue weighted by atomic mass is 10.5. The van der Waals surface area contributed by atoms with Crippen LogP contribution < -0.4 is 5.43 Å². The summed E-state index contributed by atoms with van der Waals surface area (Å²) in [5, 5.41) is 1.46. The average molecular weight is 142 g/mol. The molecule has 0 aromatic rings. The molecule has 0 unspecified atom stereocenters. The first-order valence-corrected chi connectivity index (χ1v) is 2.88. The van der Waals surface area contributed by atoms with Crippen LogP contribution in [0.1, 0.15) is 0 Å². The molecule has 0 aromatic carbocycles. The van der Waals surface area contributed by atoms with E-state index in [9.17, 15) is 0 Å². The third-order valence-electron chi connectivity index (χ3n) is 1.14. The summed E-state index contributed by atoms with van der Waals surface area (Å²) >= 11 is 0. The maximum absolute atomic E-state index is 4.91. The second-order valence-electron chi connectivity index (χ2n) is 1.70. The Balaban J connectivity index is 2.46. The standard InChI is InChI=1S/C6H10N2O2/c1-9-6-3-4-8(10-2)7-5-6/h3-5,7H,1-2H3. The minimum Gasteiger partial charge on any atom is -0.495 e. The highest BCUT2D eigenvalue weighted by Crippen LogP contribution is 2.02. The van der Waals surface area contributed by atoms with E-state index >= 15 is 0 Å². The molecule has 1 N–H and O–H groups in total. The molecule has 10 heavy (non-hydrogen) atoms. The van der Waals surface area contributed by atoms with Crippen molar-refractivity contribution in [1.29, 1.82) is 0 Å². The Labute approximate surface area is 59.6 Å². The highest BCUT2D eigenvalue weighted by molar-refractivity contribution is 5.12. The molecule has 0 saturated carbocycles. The van der Waals surface area contributed by atoms with Crippen LogP contribution in [-0.4, -0.2) is 19.4 Å². The Hall–Kier alpha value is -1.16. The second kappa shape index (κ2) is 3.12. The summed E-state index contributed by atoms with van der Waals surface area (Å²) in [6, 6.07) is 0. The fourth-order valence-corrected chi connectivity index (χ4v) is 0.600. The molecule has 4 heteroatoms. The number of allylic oxidation sites excluding steroid dienone is 1. The zero-order chi connectivity index (χ0) is 7.40. The monoisotopic (exact) mass is 142 g/mol. The highest BCUT2D eigenvalue weighted by atomic mass is 16.7. The minimum atomic E-state index is 0.772. The summed E-state index contributed by atoms with van der Waals surface area (Å²) in [4.78, 5) is 4.82. The number of rotatable bonds is 2. The van der Waals surface area contributed by atoms with Gasteiger partial charge in [0.1, 0.15) is 5.76 Å². The molecule has 1 aliphatic heterocycles. The third-order valence-corrected chi connectivity index (χ3v) is 1.14. The summed E-state index contributed by atoms with van der Waals surface area (Å²) < 4.78 is 4.91. The van der Waals surface area contributed by atoms with Crippen LogP contribution in [-0.2, 0) is 9.57 Å². The SMILES string of the molecule is COC1=CNN(OC)C=C1. The van der Waals surface area contributed by atoms with E-state index in [0.29, 0.717) is 0 Å². The average Bonchev–Trinajstić information content (AvgIpc) is 2.05. The van der Waals surface area contributed by atoms with Gasteiger partial charge in [0.2, 0.25) is 0 Å². The number of nitrogens with one attached hydrogen (secondary N) is 1. The van der Waals surface area contributed by atoms with Crippen molar-refractivity contribution in [3.8, 4) is 0 Å². The lowest BCUT2D eigenvalue weighted by molar-refractivity contribution is -0.120. The van der Waals surface area contributed by atoms with Gasteiger partial charge in [0.05, 0.1) is 26.6 Å². The van der Waals surface area contributed by atoms with E-state index in [0.717, 1.165) is 5.76 Å². The summed E-state index contributed by atoms with van der Waals surface area (Å²) in [5.41, 5.74) is 2.81. The summed E-state index contributed by atoms with van der Waals surface area (Å²) in [5.74, 6) is 0.772. The van der Waals surface area contributed by atoms with Gasteiger partial charge in [-0.25, -0.2) is 0 Å². The lowest BCUT2D eigenvalue weighted by Crippen LogP contribution is -2.30. The Morgan fingerprint density at radius 3 is 2.70 bits per heavy atom. The summed E-state index contributed by atoms with van der Waals surface area (Å²) in [6.07, 6.45) is 5.21. The number of hydroxylamine groups is 1. The van der Waals surface area contributed by atoms with E-state index in [1.807, 2.05) is 0 Å². The molecule has 0 fully saturated rings. The van der Waals surface area contributed by atoms with Crippen LogP contribution in [0.15, 0.2) is 24.2 Å². The van der Waals surface area contributed by atoms with Crippen LogP contribution in [0.25, 0.3) is 0 Å². The van der Waals surface area contributed by atoms with Crippen molar-refractivity contribution in [2.45, 2.75) is 0 Å². The molecule has 0 aromatic heterocycles. The second-order valence-corrected chi connectivity index (χ2v) is 1.70. The molecule has 0 aliphatic carbocycles. The van der Waals surface area contributed by atoms with Gasteiger partial charge < -0.3 is 4.74 Å². The Bertz CT molecular complexity index is 165. The van der Waals surface area contributed by atoms with Gasteiger partial charge in [0, 0.05) is 6.08 Å². The first-order valence-electron chi connectivity index (χ1n) is 2.88. The fourth-order valence-electron chi connectivity index (χ4n) is 0.600.